The molecule has 0 radical (unpaired) electrons. The largest absolute Gasteiger partial charge is 0.383 e. The summed E-state index contributed by atoms with van der Waals surface area (Å²) in [5.41, 5.74) is 2.36. The van der Waals surface area contributed by atoms with Crippen LogP contribution in [0.1, 0.15) is 36.9 Å². The molecule has 2 heterocycles. The summed E-state index contributed by atoms with van der Waals surface area (Å²) >= 11 is 0. The van der Waals surface area contributed by atoms with Gasteiger partial charge in [-0.3, -0.25) is 10.2 Å². The molecule has 1 aliphatic rings. The fourth-order valence-corrected chi connectivity index (χ4v) is 4.38. The molecule has 1 aromatic heterocycles. The number of likely N-dealkylation sites (tertiary alicyclic amines) is 1. The summed E-state index contributed by atoms with van der Waals surface area (Å²) in [5, 5.41) is 10.7. The second kappa shape index (κ2) is 10.8. The molecule has 4 rings (SSSR count). The number of anilines is 1. The third kappa shape index (κ3) is 5.46. The van der Waals surface area contributed by atoms with Gasteiger partial charge in [0.15, 0.2) is 0 Å². The molecule has 34 heavy (non-hydrogen) atoms. The van der Waals surface area contributed by atoms with E-state index in [1.54, 1.807) is 23.9 Å². The number of aromatic nitrogens is 2. The van der Waals surface area contributed by atoms with Gasteiger partial charge in [-0.15, -0.1) is 0 Å². The number of methoxy groups -OCH3 is 1. The molecule has 7 nitrogen and oxygen atoms in total. The maximum Gasteiger partial charge on any atom is 0.320 e. The van der Waals surface area contributed by atoms with Gasteiger partial charge in [0.05, 0.1) is 24.0 Å². The summed E-state index contributed by atoms with van der Waals surface area (Å²) in [6.07, 6.45) is 0. The summed E-state index contributed by atoms with van der Waals surface area (Å²) in [5.74, 6) is 0.387. The van der Waals surface area contributed by atoms with Gasteiger partial charge in [0.2, 0.25) is 0 Å². The summed E-state index contributed by atoms with van der Waals surface area (Å²) in [4.78, 5) is 15.3. The van der Waals surface area contributed by atoms with E-state index in [-0.39, 0.29) is 29.7 Å². The lowest BCUT2D eigenvalue weighted by atomic mass is 9.94. The number of hydrogen-bond acceptors (Lipinski definition) is 4. The molecule has 0 saturated carbocycles. The summed E-state index contributed by atoms with van der Waals surface area (Å²) in [7, 11) is 1.66. The van der Waals surface area contributed by atoms with Gasteiger partial charge in [0.1, 0.15) is 11.6 Å². The highest BCUT2D eigenvalue weighted by Crippen LogP contribution is 2.30. The summed E-state index contributed by atoms with van der Waals surface area (Å²) in [6.45, 7) is 6.69. The van der Waals surface area contributed by atoms with E-state index in [0.717, 1.165) is 17.9 Å². The van der Waals surface area contributed by atoms with Crippen molar-refractivity contribution in [1.82, 2.24) is 20.0 Å². The lowest BCUT2D eigenvalue weighted by Gasteiger charge is -2.21. The number of nitrogens with one attached hydrogen (secondary N) is 2. The van der Waals surface area contributed by atoms with Crippen LogP contribution in [0.15, 0.2) is 60.7 Å². The highest BCUT2D eigenvalue weighted by molar-refractivity contribution is 5.89. The number of para-hydroxylation sites is 1. The van der Waals surface area contributed by atoms with Crippen LogP contribution in [0, 0.1) is 5.82 Å². The number of benzene rings is 2. The average Bonchev–Trinajstić information content (AvgIpc) is 3.43. The van der Waals surface area contributed by atoms with Crippen molar-refractivity contribution in [1.29, 1.82) is 0 Å². The van der Waals surface area contributed by atoms with Gasteiger partial charge >= 0.3 is 6.03 Å². The molecular formula is C26H32FN5O2. The fraction of sp³-hybridized carbons (Fsp3) is 0.385. The Bertz CT molecular complexity index is 1100. The lowest BCUT2D eigenvalue weighted by molar-refractivity contribution is 0.159. The van der Waals surface area contributed by atoms with Crippen molar-refractivity contribution in [3.63, 3.8) is 0 Å². The first-order valence-corrected chi connectivity index (χ1v) is 11.6. The predicted molar refractivity (Wildman–Crippen MR) is 131 cm³/mol. The van der Waals surface area contributed by atoms with Crippen LogP contribution in [-0.2, 0) is 4.74 Å². The van der Waals surface area contributed by atoms with E-state index >= 15 is 0 Å². The quantitative estimate of drug-likeness (QED) is 0.518. The molecule has 2 aromatic carbocycles. The first-order valence-electron chi connectivity index (χ1n) is 11.6. The van der Waals surface area contributed by atoms with Crippen molar-refractivity contribution in [2.24, 2.45) is 0 Å². The Balaban J connectivity index is 1.53. The average molecular weight is 466 g/mol. The molecule has 1 fully saturated rings. The summed E-state index contributed by atoms with van der Waals surface area (Å²) in [6, 6.07) is 17.8. The van der Waals surface area contributed by atoms with Crippen LogP contribution in [0.2, 0.25) is 0 Å². The number of amides is 2. The number of urea groups is 1. The van der Waals surface area contributed by atoms with Crippen molar-refractivity contribution in [2.75, 3.05) is 38.7 Å². The van der Waals surface area contributed by atoms with Gasteiger partial charge in [-0.05, 0) is 29.7 Å². The van der Waals surface area contributed by atoms with Crippen molar-refractivity contribution < 1.29 is 13.9 Å². The Labute approximate surface area is 199 Å². The molecule has 0 bridgehead atoms. The molecule has 0 unspecified atom stereocenters. The predicted octanol–water partition coefficient (Wildman–Crippen LogP) is 4.37. The van der Waals surface area contributed by atoms with Gasteiger partial charge in [-0.2, -0.15) is 5.10 Å². The lowest BCUT2D eigenvalue weighted by Crippen LogP contribution is -2.42. The molecule has 8 heteroatoms. The SMILES string of the molecule is COCCN1C[C@H](NC(=O)Nc2cc(C(C)C)nn2-c2ccccc2)[C@@H](c2ccccc2F)C1. The Morgan fingerprint density at radius 1 is 1.15 bits per heavy atom. The summed E-state index contributed by atoms with van der Waals surface area (Å²) < 4.78 is 21.6. The number of carbonyl (C=O) groups excluding carboxylic acids is 1. The maximum atomic E-state index is 14.6. The molecule has 1 saturated heterocycles. The minimum atomic E-state index is -0.340. The minimum Gasteiger partial charge on any atom is -0.383 e. The highest BCUT2D eigenvalue weighted by atomic mass is 19.1. The number of rotatable bonds is 8. The van der Waals surface area contributed by atoms with E-state index in [1.807, 2.05) is 42.5 Å². The standard InChI is InChI=1S/C26H32FN5O2/c1-18(2)23-15-25(32(30-23)19-9-5-4-6-10-19)29-26(33)28-24-17-31(13-14-34-3)16-21(24)20-11-7-8-12-22(20)27/h4-12,15,18,21,24H,13-14,16-17H2,1-3H3,(H2,28,29,33)/t21-,24+/m1/s1. The molecule has 2 atom stereocenters. The Hall–Kier alpha value is -3.23. The van der Waals surface area contributed by atoms with Crippen LogP contribution >= 0.6 is 0 Å². The zero-order valence-corrected chi connectivity index (χ0v) is 19.9. The van der Waals surface area contributed by atoms with Crippen molar-refractivity contribution in [3.8, 4) is 5.69 Å². The molecule has 3 aromatic rings. The van der Waals surface area contributed by atoms with Crippen LogP contribution < -0.4 is 10.6 Å². The Kier molecular flexibility index (Phi) is 7.59. The fourth-order valence-electron chi connectivity index (χ4n) is 4.38. The third-order valence-electron chi connectivity index (χ3n) is 6.19. The second-order valence-corrected chi connectivity index (χ2v) is 8.94. The molecule has 180 valence electrons. The van der Waals surface area contributed by atoms with Gasteiger partial charge < -0.3 is 10.1 Å². The molecule has 0 spiro atoms. The van der Waals surface area contributed by atoms with E-state index in [1.165, 1.54) is 6.07 Å². The van der Waals surface area contributed by atoms with Gasteiger partial charge in [0.25, 0.3) is 0 Å². The van der Waals surface area contributed by atoms with Gasteiger partial charge in [-0.25, -0.2) is 13.9 Å². The number of nitrogens with zero attached hydrogens (tertiary/aromatic N) is 3. The highest BCUT2D eigenvalue weighted by Gasteiger charge is 2.36. The monoisotopic (exact) mass is 465 g/mol. The van der Waals surface area contributed by atoms with Gasteiger partial charge in [-0.1, -0.05) is 50.2 Å². The normalized spacial score (nSPS) is 18.4. The molecule has 2 N–H and O–H groups in total. The smallest absolute Gasteiger partial charge is 0.320 e. The molecule has 1 aliphatic heterocycles. The minimum absolute atomic E-state index is 0.158. The van der Waals surface area contributed by atoms with E-state index in [4.69, 9.17) is 4.74 Å². The van der Waals surface area contributed by atoms with Crippen LogP contribution in [0.4, 0.5) is 15.0 Å². The van der Waals surface area contributed by atoms with Crippen molar-refractivity contribution in [3.05, 3.63) is 77.7 Å². The topological polar surface area (TPSA) is 71.4 Å². The van der Waals surface area contributed by atoms with Crippen LogP contribution in [0.25, 0.3) is 5.69 Å². The van der Waals surface area contributed by atoms with Crippen molar-refractivity contribution >= 4 is 11.8 Å². The third-order valence-corrected chi connectivity index (χ3v) is 6.19. The number of carbonyl (C=O) groups is 1. The molecule has 2 amide bonds. The van der Waals surface area contributed by atoms with Crippen LogP contribution in [0.3, 0.4) is 0 Å². The van der Waals surface area contributed by atoms with Crippen molar-refractivity contribution in [2.45, 2.75) is 31.7 Å². The van der Waals surface area contributed by atoms with Crippen LogP contribution in [-0.4, -0.2) is 60.1 Å². The van der Waals surface area contributed by atoms with E-state index < -0.39 is 0 Å². The Morgan fingerprint density at radius 2 is 1.88 bits per heavy atom. The first kappa shape index (κ1) is 23.9. The van der Waals surface area contributed by atoms with E-state index in [0.29, 0.717) is 31.1 Å². The molecule has 0 aliphatic carbocycles. The van der Waals surface area contributed by atoms with Crippen LogP contribution in [0.5, 0.6) is 0 Å². The Morgan fingerprint density at radius 3 is 2.59 bits per heavy atom. The first-order chi connectivity index (χ1) is 16.5. The van der Waals surface area contributed by atoms with E-state index in [9.17, 15) is 9.18 Å². The maximum absolute atomic E-state index is 14.6. The zero-order chi connectivity index (χ0) is 24.1. The zero-order valence-electron chi connectivity index (χ0n) is 19.9. The second-order valence-electron chi connectivity index (χ2n) is 8.94. The number of ether oxygens (including phenoxy) is 1. The number of halogens is 1. The van der Waals surface area contributed by atoms with E-state index in [2.05, 4.69) is 34.5 Å². The number of hydrogen-bond donors (Lipinski definition) is 2. The van der Waals surface area contributed by atoms with Gasteiger partial charge in [0, 0.05) is 38.7 Å². The molecular weight excluding hydrogens is 433 g/mol.